The van der Waals surface area contributed by atoms with Crippen molar-refractivity contribution in [3.63, 3.8) is 0 Å². The van der Waals surface area contributed by atoms with Crippen molar-refractivity contribution in [3.05, 3.63) is 65.0 Å². The summed E-state index contributed by atoms with van der Waals surface area (Å²) in [5, 5.41) is 12.4. The first-order valence-electron chi connectivity index (χ1n) is 7.23. The molecule has 2 N–H and O–H groups in total. The largest absolute Gasteiger partial charge is 0.478 e. The molecule has 1 aliphatic rings. The van der Waals surface area contributed by atoms with Gasteiger partial charge in [-0.25, -0.2) is 4.79 Å². The zero-order valence-electron chi connectivity index (χ0n) is 11.7. The SMILES string of the molecule is O=C(O)c1ccc(CNC2CCCc3ccccc32)nc1. The third-order valence-corrected chi connectivity index (χ3v) is 3.97. The topological polar surface area (TPSA) is 62.2 Å². The van der Waals surface area contributed by atoms with Crippen LogP contribution in [0.2, 0.25) is 0 Å². The van der Waals surface area contributed by atoms with Crippen LogP contribution in [0.1, 0.15) is 46.1 Å². The molecule has 0 spiro atoms. The van der Waals surface area contributed by atoms with Crippen molar-refractivity contribution in [2.24, 2.45) is 0 Å². The number of hydrogen-bond acceptors (Lipinski definition) is 3. The molecule has 4 heteroatoms. The first-order valence-corrected chi connectivity index (χ1v) is 7.23. The monoisotopic (exact) mass is 282 g/mol. The van der Waals surface area contributed by atoms with Crippen LogP contribution < -0.4 is 5.32 Å². The van der Waals surface area contributed by atoms with E-state index in [0.29, 0.717) is 12.6 Å². The van der Waals surface area contributed by atoms with Gasteiger partial charge >= 0.3 is 5.97 Å². The second-order valence-electron chi connectivity index (χ2n) is 5.37. The number of rotatable bonds is 4. The van der Waals surface area contributed by atoms with Gasteiger partial charge in [0.05, 0.1) is 11.3 Å². The second-order valence-corrected chi connectivity index (χ2v) is 5.37. The molecule has 0 aliphatic heterocycles. The summed E-state index contributed by atoms with van der Waals surface area (Å²) >= 11 is 0. The summed E-state index contributed by atoms with van der Waals surface area (Å²) in [6, 6.07) is 12.3. The molecule has 21 heavy (non-hydrogen) atoms. The lowest BCUT2D eigenvalue weighted by Gasteiger charge is -2.26. The smallest absolute Gasteiger partial charge is 0.337 e. The van der Waals surface area contributed by atoms with Crippen molar-refractivity contribution in [1.29, 1.82) is 0 Å². The molecule has 1 unspecified atom stereocenters. The fourth-order valence-corrected chi connectivity index (χ4v) is 2.85. The highest BCUT2D eigenvalue weighted by atomic mass is 16.4. The maximum atomic E-state index is 10.8. The molecule has 0 bridgehead atoms. The summed E-state index contributed by atoms with van der Waals surface area (Å²) in [5.41, 5.74) is 3.89. The average Bonchev–Trinajstić information content (AvgIpc) is 2.53. The zero-order valence-corrected chi connectivity index (χ0v) is 11.7. The van der Waals surface area contributed by atoms with E-state index in [0.717, 1.165) is 18.5 Å². The first kappa shape index (κ1) is 13.8. The number of carboxylic acids is 1. The van der Waals surface area contributed by atoms with Gasteiger partial charge in [-0.3, -0.25) is 4.98 Å². The van der Waals surface area contributed by atoms with E-state index in [1.54, 1.807) is 12.1 Å². The van der Waals surface area contributed by atoms with E-state index in [1.165, 1.54) is 23.7 Å². The molecule has 108 valence electrons. The predicted octanol–water partition coefficient (Wildman–Crippen LogP) is 2.95. The molecule has 0 saturated heterocycles. The minimum Gasteiger partial charge on any atom is -0.478 e. The minimum atomic E-state index is -0.941. The van der Waals surface area contributed by atoms with Crippen molar-refractivity contribution in [2.75, 3.05) is 0 Å². The Balaban J connectivity index is 1.67. The Hall–Kier alpha value is -2.20. The van der Waals surface area contributed by atoms with Crippen molar-refractivity contribution < 1.29 is 9.90 Å². The summed E-state index contributed by atoms with van der Waals surface area (Å²) in [6.07, 6.45) is 4.89. The lowest BCUT2D eigenvalue weighted by molar-refractivity contribution is 0.0696. The van der Waals surface area contributed by atoms with Crippen molar-refractivity contribution in [1.82, 2.24) is 10.3 Å². The summed E-state index contributed by atoms with van der Waals surface area (Å²) in [6.45, 7) is 0.652. The molecule has 0 amide bonds. The fraction of sp³-hybridized carbons (Fsp3) is 0.294. The Morgan fingerprint density at radius 1 is 1.29 bits per heavy atom. The molecule has 1 aromatic carbocycles. The third-order valence-electron chi connectivity index (χ3n) is 3.97. The van der Waals surface area contributed by atoms with Gasteiger partial charge in [0, 0.05) is 18.8 Å². The predicted molar refractivity (Wildman–Crippen MR) is 80.2 cm³/mol. The highest BCUT2D eigenvalue weighted by Gasteiger charge is 2.19. The number of carbonyl (C=O) groups is 1. The average molecular weight is 282 g/mol. The maximum absolute atomic E-state index is 10.8. The van der Waals surface area contributed by atoms with Gasteiger partial charge in [0.15, 0.2) is 0 Å². The first-order chi connectivity index (χ1) is 10.2. The minimum absolute atomic E-state index is 0.224. The summed E-state index contributed by atoms with van der Waals surface area (Å²) in [7, 11) is 0. The Bertz CT molecular complexity index is 637. The van der Waals surface area contributed by atoms with Crippen LogP contribution in [0.5, 0.6) is 0 Å². The molecule has 0 radical (unpaired) electrons. The van der Waals surface area contributed by atoms with Gasteiger partial charge in [-0.05, 0) is 42.5 Å². The van der Waals surface area contributed by atoms with Crippen LogP contribution in [0.25, 0.3) is 0 Å². The van der Waals surface area contributed by atoms with E-state index in [2.05, 4.69) is 34.6 Å². The van der Waals surface area contributed by atoms with Gasteiger partial charge in [-0.15, -0.1) is 0 Å². The van der Waals surface area contributed by atoms with Crippen LogP contribution in [0, 0.1) is 0 Å². The Kier molecular flexibility index (Phi) is 3.97. The number of benzene rings is 1. The molecule has 3 rings (SSSR count). The Morgan fingerprint density at radius 3 is 2.90 bits per heavy atom. The van der Waals surface area contributed by atoms with Crippen LogP contribution in [-0.4, -0.2) is 16.1 Å². The van der Waals surface area contributed by atoms with Crippen LogP contribution in [0.3, 0.4) is 0 Å². The molecule has 1 aromatic heterocycles. The molecule has 0 fully saturated rings. The summed E-state index contributed by atoms with van der Waals surface area (Å²) in [5.74, 6) is -0.941. The van der Waals surface area contributed by atoms with E-state index in [-0.39, 0.29) is 5.56 Å². The van der Waals surface area contributed by atoms with Gasteiger partial charge in [-0.2, -0.15) is 0 Å². The van der Waals surface area contributed by atoms with Crippen LogP contribution >= 0.6 is 0 Å². The summed E-state index contributed by atoms with van der Waals surface area (Å²) < 4.78 is 0. The molecule has 1 atom stereocenters. The van der Waals surface area contributed by atoms with Crippen LogP contribution in [0.4, 0.5) is 0 Å². The molecular formula is C17H18N2O2. The Labute approximate surface area is 123 Å². The standard InChI is InChI=1S/C17H18N2O2/c20-17(21)13-8-9-14(18-10-13)11-19-16-7-3-5-12-4-1-2-6-15(12)16/h1-2,4,6,8-10,16,19H,3,5,7,11H2,(H,20,21). The van der Waals surface area contributed by atoms with Gasteiger partial charge in [-0.1, -0.05) is 24.3 Å². The van der Waals surface area contributed by atoms with Crippen molar-refractivity contribution in [2.45, 2.75) is 31.8 Å². The van der Waals surface area contributed by atoms with Gasteiger partial charge in [0.2, 0.25) is 0 Å². The van der Waals surface area contributed by atoms with E-state index in [9.17, 15) is 4.79 Å². The molecule has 4 nitrogen and oxygen atoms in total. The highest BCUT2D eigenvalue weighted by Crippen LogP contribution is 2.29. The van der Waals surface area contributed by atoms with Crippen molar-refractivity contribution in [3.8, 4) is 0 Å². The Morgan fingerprint density at radius 2 is 2.14 bits per heavy atom. The number of nitrogens with one attached hydrogen (secondary N) is 1. The van der Waals surface area contributed by atoms with Crippen LogP contribution in [-0.2, 0) is 13.0 Å². The highest BCUT2D eigenvalue weighted by molar-refractivity contribution is 5.87. The number of hydrogen-bond donors (Lipinski definition) is 2. The number of aromatic nitrogens is 1. The number of pyridine rings is 1. The lowest BCUT2D eigenvalue weighted by Crippen LogP contribution is -2.25. The lowest BCUT2D eigenvalue weighted by atomic mass is 9.88. The van der Waals surface area contributed by atoms with Crippen LogP contribution in [0.15, 0.2) is 42.6 Å². The zero-order chi connectivity index (χ0) is 14.7. The maximum Gasteiger partial charge on any atom is 0.337 e. The quantitative estimate of drug-likeness (QED) is 0.905. The van der Waals surface area contributed by atoms with Gasteiger partial charge < -0.3 is 10.4 Å². The molecule has 2 aromatic rings. The van der Waals surface area contributed by atoms with E-state index < -0.39 is 5.97 Å². The van der Waals surface area contributed by atoms with Gasteiger partial charge in [0.1, 0.15) is 0 Å². The molecule has 1 aliphatic carbocycles. The van der Waals surface area contributed by atoms with E-state index >= 15 is 0 Å². The van der Waals surface area contributed by atoms with E-state index in [4.69, 9.17) is 5.11 Å². The third kappa shape index (κ3) is 3.11. The molecule has 1 heterocycles. The van der Waals surface area contributed by atoms with Crippen molar-refractivity contribution >= 4 is 5.97 Å². The second kappa shape index (κ2) is 6.06. The normalized spacial score (nSPS) is 17.2. The summed E-state index contributed by atoms with van der Waals surface area (Å²) in [4.78, 5) is 15.0. The molecular weight excluding hydrogens is 264 g/mol. The molecule has 0 saturated carbocycles. The van der Waals surface area contributed by atoms with Gasteiger partial charge in [0.25, 0.3) is 0 Å². The van der Waals surface area contributed by atoms with E-state index in [1.807, 2.05) is 0 Å². The fourth-order valence-electron chi connectivity index (χ4n) is 2.85. The number of nitrogens with zero attached hydrogens (tertiary/aromatic N) is 1. The number of aryl methyl sites for hydroxylation is 1. The number of fused-ring (bicyclic) bond motifs is 1. The number of aromatic carboxylic acids is 1. The number of carboxylic acid groups (broad SMARTS) is 1.